The zero-order valence-electron chi connectivity index (χ0n) is 20.4. The van der Waals surface area contributed by atoms with E-state index in [0.717, 1.165) is 33.8 Å². The zero-order valence-corrected chi connectivity index (χ0v) is 20.4. The average molecular weight is 463 g/mol. The molecule has 0 saturated heterocycles. The second-order valence-corrected chi connectivity index (χ2v) is 8.94. The normalized spacial score (nSPS) is 11.1. The number of carbonyl (C=O) groups excluding carboxylic acids is 1. The van der Waals surface area contributed by atoms with Crippen LogP contribution < -0.4 is 20.1 Å². The molecule has 180 valence electrons. The van der Waals surface area contributed by atoms with Crippen LogP contribution in [0.2, 0.25) is 0 Å². The lowest BCUT2D eigenvalue weighted by Gasteiger charge is -2.19. The van der Waals surface area contributed by atoms with Gasteiger partial charge in [0.05, 0.1) is 6.54 Å². The molecule has 6 nitrogen and oxygen atoms in total. The highest BCUT2D eigenvalue weighted by Crippen LogP contribution is 2.33. The Kier molecular flexibility index (Phi) is 8.93. The van der Waals surface area contributed by atoms with Gasteiger partial charge in [-0.1, -0.05) is 48.5 Å². The van der Waals surface area contributed by atoms with Crippen molar-refractivity contribution in [2.24, 2.45) is 0 Å². The van der Waals surface area contributed by atoms with Gasteiger partial charge < -0.3 is 24.8 Å². The average Bonchev–Trinajstić information content (AvgIpc) is 2.80. The van der Waals surface area contributed by atoms with E-state index in [0.29, 0.717) is 26.3 Å². The fraction of sp³-hybridized carbons (Fsp3) is 0.321. The number of hydrogen-bond donors (Lipinski definition) is 2. The highest BCUT2D eigenvalue weighted by atomic mass is 16.6. The number of ether oxygens (including phenoxy) is 3. The maximum absolute atomic E-state index is 11.8. The van der Waals surface area contributed by atoms with Crippen LogP contribution in [0.3, 0.4) is 0 Å². The number of para-hydroxylation sites is 1. The fourth-order valence-electron chi connectivity index (χ4n) is 3.41. The van der Waals surface area contributed by atoms with Gasteiger partial charge in [-0.2, -0.15) is 0 Å². The van der Waals surface area contributed by atoms with Crippen molar-refractivity contribution in [2.45, 2.75) is 39.5 Å². The summed E-state index contributed by atoms with van der Waals surface area (Å²) >= 11 is 0. The molecule has 0 radical (unpaired) electrons. The Hall–Kier alpha value is -3.51. The maximum atomic E-state index is 11.8. The third-order valence-corrected chi connectivity index (χ3v) is 4.82. The lowest BCUT2D eigenvalue weighted by atomic mass is 10.0. The van der Waals surface area contributed by atoms with Crippen LogP contribution in [0.5, 0.6) is 11.5 Å². The standard InChI is InChI=1S/C28H34N2O4/c1-28(2,3)34-27(31)30-14-15-32-24-17-22(19-29-4)16-23(18-24)25-12-8-9-13-26(25)33-20-21-10-6-5-7-11-21/h5-13,16-18,29H,14-15,19-20H2,1-4H3,(H,30,31). The first-order valence-electron chi connectivity index (χ1n) is 11.5. The van der Waals surface area contributed by atoms with Gasteiger partial charge in [-0.05, 0) is 68.8 Å². The molecule has 0 bridgehead atoms. The Morgan fingerprint density at radius 3 is 2.35 bits per heavy atom. The molecule has 0 fully saturated rings. The van der Waals surface area contributed by atoms with Crippen molar-refractivity contribution in [3.8, 4) is 22.6 Å². The summed E-state index contributed by atoms with van der Waals surface area (Å²) in [5.41, 5.74) is 3.67. The summed E-state index contributed by atoms with van der Waals surface area (Å²) < 4.78 is 17.4. The molecule has 0 heterocycles. The van der Waals surface area contributed by atoms with E-state index >= 15 is 0 Å². The van der Waals surface area contributed by atoms with Crippen molar-refractivity contribution in [1.82, 2.24) is 10.6 Å². The van der Waals surface area contributed by atoms with E-state index in [9.17, 15) is 4.79 Å². The van der Waals surface area contributed by atoms with Crippen molar-refractivity contribution in [3.05, 3.63) is 83.9 Å². The van der Waals surface area contributed by atoms with Gasteiger partial charge in [0, 0.05) is 12.1 Å². The second kappa shape index (κ2) is 12.1. The molecular weight excluding hydrogens is 428 g/mol. The zero-order chi connectivity index (χ0) is 24.4. The first kappa shape index (κ1) is 25.1. The van der Waals surface area contributed by atoms with E-state index in [-0.39, 0.29) is 0 Å². The first-order chi connectivity index (χ1) is 16.3. The molecule has 3 rings (SSSR count). The summed E-state index contributed by atoms with van der Waals surface area (Å²) in [5.74, 6) is 1.54. The monoisotopic (exact) mass is 462 g/mol. The highest BCUT2D eigenvalue weighted by molar-refractivity contribution is 5.72. The molecule has 0 saturated carbocycles. The molecule has 0 atom stereocenters. The van der Waals surface area contributed by atoms with Crippen molar-refractivity contribution in [1.29, 1.82) is 0 Å². The summed E-state index contributed by atoms with van der Waals surface area (Å²) in [4.78, 5) is 11.8. The quantitative estimate of drug-likeness (QED) is 0.386. The largest absolute Gasteiger partial charge is 0.492 e. The smallest absolute Gasteiger partial charge is 0.407 e. The van der Waals surface area contributed by atoms with Gasteiger partial charge >= 0.3 is 6.09 Å². The molecule has 3 aromatic rings. The van der Waals surface area contributed by atoms with Crippen LogP contribution in [0, 0.1) is 0 Å². The van der Waals surface area contributed by atoms with Gasteiger partial charge in [-0.25, -0.2) is 4.79 Å². The van der Waals surface area contributed by atoms with Crippen molar-refractivity contribution < 1.29 is 19.0 Å². The van der Waals surface area contributed by atoms with Crippen LogP contribution in [-0.4, -0.2) is 31.9 Å². The lowest BCUT2D eigenvalue weighted by Crippen LogP contribution is -2.34. The molecule has 34 heavy (non-hydrogen) atoms. The third-order valence-electron chi connectivity index (χ3n) is 4.82. The van der Waals surface area contributed by atoms with Crippen molar-refractivity contribution >= 4 is 6.09 Å². The minimum absolute atomic E-state index is 0.327. The molecule has 0 unspecified atom stereocenters. The van der Waals surface area contributed by atoms with Gasteiger partial charge in [-0.3, -0.25) is 0 Å². The Balaban J connectivity index is 1.71. The van der Waals surface area contributed by atoms with E-state index in [1.165, 1.54) is 0 Å². The van der Waals surface area contributed by atoms with Crippen LogP contribution in [0.15, 0.2) is 72.8 Å². The van der Waals surface area contributed by atoms with Crippen molar-refractivity contribution in [3.63, 3.8) is 0 Å². The lowest BCUT2D eigenvalue weighted by molar-refractivity contribution is 0.0520. The minimum Gasteiger partial charge on any atom is -0.492 e. The maximum Gasteiger partial charge on any atom is 0.407 e. The predicted molar refractivity (Wildman–Crippen MR) is 135 cm³/mol. The molecule has 3 aromatic carbocycles. The van der Waals surface area contributed by atoms with Gasteiger partial charge in [-0.15, -0.1) is 0 Å². The Morgan fingerprint density at radius 1 is 0.882 bits per heavy atom. The number of hydrogen-bond acceptors (Lipinski definition) is 5. The summed E-state index contributed by atoms with van der Waals surface area (Å²) in [6.45, 7) is 7.37. The molecule has 0 aliphatic carbocycles. The van der Waals surface area contributed by atoms with Gasteiger partial charge in [0.2, 0.25) is 0 Å². The molecule has 0 aliphatic heterocycles. The van der Waals surface area contributed by atoms with Gasteiger partial charge in [0.25, 0.3) is 0 Å². The number of benzene rings is 3. The molecule has 6 heteroatoms. The summed E-state index contributed by atoms with van der Waals surface area (Å²) in [6, 6.07) is 24.2. The Morgan fingerprint density at radius 2 is 1.62 bits per heavy atom. The number of alkyl carbamates (subject to hydrolysis) is 1. The number of carbonyl (C=O) groups is 1. The summed E-state index contributed by atoms with van der Waals surface area (Å²) in [6.07, 6.45) is -0.454. The summed E-state index contributed by atoms with van der Waals surface area (Å²) in [5, 5.41) is 5.91. The number of rotatable bonds is 10. The number of amides is 1. The second-order valence-electron chi connectivity index (χ2n) is 8.94. The van der Waals surface area contributed by atoms with E-state index in [1.807, 2.05) is 94.5 Å². The highest BCUT2D eigenvalue weighted by Gasteiger charge is 2.15. The molecule has 2 N–H and O–H groups in total. The van der Waals surface area contributed by atoms with E-state index in [2.05, 4.69) is 16.7 Å². The third kappa shape index (κ3) is 8.12. The topological polar surface area (TPSA) is 68.8 Å². The molecule has 0 aliphatic rings. The van der Waals surface area contributed by atoms with Crippen LogP contribution in [-0.2, 0) is 17.9 Å². The Bertz CT molecular complexity index is 1060. The fourth-order valence-corrected chi connectivity index (χ4v) is 3.41. The molecule has 0 spiro atoms. The van der Waals surface area contributed by atoms with Crippen LogP contribution in [0.25, 0.3) is 11.1 Å². The molecule has 1 amide bonds. The van der Waals surface area contributed by atoms with Crippen LogP contribution in [0.1, 0.15) is 31.9 Å². The van der Waals surface area contributed by atoms with Crippen LogP contribution in [0.4, 0.5) is 4.79 Å². The molecule has 0 aromatic heterocycles. The van der Waals surface area contributed by atoms with Crippen molar-refractivity contribution in [2.75, 3.05) is 20.2 Å². The molecular formula is C28H34N2O4. The Labute approximate surface area is 202 Å². The van der Waals surface area contributed by atoms with E-state index in [1.54, 1.807) is 0 Å². The van der Waals surface area contributed by atoms with Gasteiger partial charge in [0.15, 0.2) is 0 Å². The van der Waals surface area contributed by atoms with E-state index in [4.69, 9.17) is 14.2 Å². The SMILES string of the molecule is CNCc1cc(OCCNC(=O)OC(C)(C)C)cc(-c2ccccc2OCc2ccccc2)c1. The predicted octanol–water partition coefficient (Wildman–Crippen LogP) is 5.56. The van der Waals surface area contributed by atoms with Crippen LogP contribution >= 0.6 is 0 Å². The number of nitrogens with one attached hydrogen (secondary N) is 2. The first-order valence-corrected chi connectivity index (χ1v) is 11.5. The van der Waals surface area contributed by atoms with Gasteiger partial charge in [0.1, 0.15) is 30.3 Å². The minimum atomic E-state index is -0.530. The summed E-state index contributed by atoms with van der Waals surface area (Å²) in [7, 11) is 1.91. The van der Waals surface area contributed by atoms with E-state index < -0.39 is 11.7 Å².